The van der Waals surface area contributed by atoms with Gasteiger partial charge in [-0.2, -0.15) is 0 Å². The van der Waals surface area contributed by atoms with Crippen molar-refractivity contribution in [3.63, 3.8) is 0 Å². The highest BCUT2D eigenvalue weighted by Gasteiger charge is 2.12. The molecule has 0 saturated heterocycles. The largest absolute Gasteiger partial charge is 0.450 e. The standard InChI is InChI=1S/C12H7N3O4/c16-6-8-2-4-11(19-8)12-13-9-3-1-7(15(17)18)5-10(9)14-12/h1-6H,(H,13,14). The molecule has 94 valence electrons. The number of hydrogen-bond acceptors (Lipinski definition) is 5. The molecule has 0 bridgehead atoms. The average Bonchev–Trinajstić information content (AvgIpc) is 3.03. The van der Waals surface area contributed by atoms with Crippen molar-refractivity contribution in [2.45, 2.75) is 0 Å². The van der Waals surface area contributed by atoms with Crippen LogP contribution in [0.3, 0.4) is 0 Å². The highest BCUT2D eigenvalue weighted by atomic mass is 16.6. The van der Waals surface area contributed by atoms with Gasteiger partial charge >= 0.3 is 0 Å². The average molecular weight is 257 g/mol. The highest BCUT2D eigenvalue weighted by Crippen LogP contribution is 2.24. The molecule has 0 spiro atoms. The molecule has 7 heteroatoms. The summed E-state index contributed by atoms with van der Waals surface area (Å²) in [4.78, 5) is 27.9. The SMILES string of the molecule is O=Cc1ccc(-c2nc3ccc([N+](=O)[O-])cc3[nH]2)o1. The summed E-state index contributed by atoms with van der Waals surface area (Å²) in [6.07, 6.45) is 0.594. The summed E-state index contributed by atoms with van der Waals surface area (Å²) in [5.41, 5.74) is 1.11. The van der Waals surface area contributed by atoms with Crippen molar-refractivity contribution in [1.82, 2.24) is 9.97 Å². The maximum absolute atomic E-state index is 10.7. The summed E-state index contributed by atoms with van der Waals surface area (Å²) in [6, 6.07) is 7.46. The normalized spacial score (nSPS) is 10.7. The Morgan fingerprint density at radius 3 is 2.84 bits per heavy atom. The number of H-pyrrole nitrogens is 1. The molecule has 0 fully saturated rings. The van der Waals surface area contributed by atoms with E-state index >= 15 is 0 Å². The number of nitrogens with zero attached hydrogens (tertiary/aromatic N) is 2. The zero-order chi connectivity index (χ0) is 13.4. The number of fused-ring (bicyclic) bond motifs is 1. The van der Waals surface area contributed by atoms with Crippen molar-refractivity contribution in [3.05, 3.63) is 46.2 Å². The summed E-state index contributed by atoms with van der Waals surface area (Å²) in [7, 11) is 0. The molecule has 0 aliphatic rings. The van der Waals surface area contributed by atoms with E-state index in [-0.39, 0.29) is 11.4 Å². The van der Waals surface area contributed by atoms with E-state index < -0.39 is 4.92 Å². The van der Waals surface area contributed by atoms with E-state index in [0.29, 0.717) is 28.9 Å². The molecule has 3 aromatic rings. The maximum Gasteiger partial charge on any atom is 0.271 e. The second kappa shape index (κ2) is 4.05. The third-order valence-electron chi connectivity index (χ3n) is 2.65. The molecule has 1 aromatic carbocycles. The number of hydrogen-bond donors (Lipinski definition) is 1. The van der Waals surface area contributed by atoms with Crippen molar-refractivity contribution < 1.29 is 14.1 Å². The van der Waals surface area contributed by atoms with E-state index in [1.54, 1.807) is 12.1 Å². The number of benzene rings is 1. The van der Waals surface area contributed by atoms with Crippen molar-refractivity contribution in [2.75, 3.05) is 0 Å². The van der Waals surface area contributed by atoms with E-state index in [4.69, 9.17) is 4.42 Å². The van der Waals surface area contributed by atoms with Gasteiger partial charge in [-0.1, -0.05) is 0 Å². The summed E-state index contributed by atoms with van der Waals surface area (Å²) < 4.78 is 5.23. The lowest BCUT2D eigenvalue weighted by molar-refractivity contribution is -0.384. The van der Waals surface area contributed by atoms with Crippen molar-refractivity contribution in [1.29, 1.82) is 0 Å². The summed E-state index contributed by atoms with van der Waals surface area (Å²) in [5, 5.41) is 10.7. The highest BCUT2D eigenvalue weighted by molar-refractivity contribution is 5.81. The first-order valence-electron chi connectivity index (χ1n) is 5.37. The van der Waals surface area contributed by atoms with Gasteiger partial charge < -0.3 is 9.40 Å². The molecule has 0 aliphatic heterocycles. The number of aromatic amines is 1. The Morgan fingerprint density at radius 2 is 2.16 bits per heavy atom. The first-order valence-corrected chi connectivity index (χ1v) is 5.37. The number of aromatic nitrogens is 2. The molecule has 0 unspecified atom stereocenters. The molecule has 0 atom stereocenters. The quantitative estimate of drug-likeness (QED) is 0.441. The first kappa shape index (κ1) is 11.1. The summed E-state index contributed by atoms with van der Waals surface area (Å²) >= 11 is 0. The van der Waals surface area contributed by atoms with Crippen LogP contribution in [0, 0.1) is 10.1 Å². The molecular formula is C12H7N3O4. The number of carbonyl (C=O) groups is 1. The topological polar surface area (TPSA) is 102 Å². The van der Waals surface area contributed by atoms with E-state index in [0.717, 1.165) is 0 Å². The zero-order valence-corrected chi connectivity index (χ0v) is 9.49. The van der Waals surface area contributed by atoms with E-state index in [9.17, 15) is 14.9 Å². The van der Waals surface area contributed by atoms with Gasteiger partial charge in [0.25, 0.3) is 5.69 Å². The van der Waals surface area contributed by atoms with Crippen molar-refractivity contribution in [2.24, 2.45) is 0 Å². The van der Waals surface area contributed by atoms with Crippen LogP contribution in [0.15, 0.2) is 34.7 Å². The molecule has 7 nitrogen and oxygen atoms in total. The Balaban J connectivity index is 2.10. The number of nitro groups is 1. The van der Waals surface area contributed by atoms with Crippen LogP contribution in [-0.4, -0.2) is 21.2 Å². The third-order valence-corrected chi connectivity index (χ3v) is 2.65. The van der Waals surface area contributed by atoms with E-state index in [2.05, 4.69) is 9.97 Å². The molecular weight excluding hydrogens is 250 g/mol. The molecule has 2 heterocycles. The van der Waals surface area contributed by atoms with Gasteiger partial charge in [-0.15, -0.1) is 0 Å². The predicted molar refractivity (Wildman–Crippen MR) is 65.8 cm³/mol. The number of aldehydes is 1. The Kier molecular flexibility index (Phi) is 2.38. The number of furan rings is 1. The minimum Gasteiger partial charge on any atom is -0.450 e. The van der Waals surface area contributed by atoms with Gasteiger partial charge in [-0.3, -0.25) is 14.9 Å². The lowest BCUT2D eigenvalue weighted by Crippen LogP contribution is -1.86. The molecule has 0 aliphatic carbocycles. The molecule has 3 rings (SSSR count). The van der Waals surface area contributed by atoms with Crippen molar-refractivity contribution >= 4 is 23.0 Å². The molecule has 0 radical (unpaired) electrons. The van der Waals surface area contributed by atoms with Gasteiger partial charge in [-0.05, 0) is 18.2 Å². The minimum atomic E-state index is -0.475. The van der Waals surface area contributed by atoms with Gasteiger partial charge in [0.2, 0.25) is 0 Å². The second-order valence-corrected chi connectivity index (χ2v) is 3.86. The van der Waals surface area contributed by atoms with Gasteiger partial charge in [0.1, 0.15) is 0 Å². The van der Waals surface area contributed by atoms with Crippen LogP contribution >= 0.6 is 0 Å². The molecule has 2 aromatic heterocycles. The molecule has 0 saturated carbocycles. The van der Waals surface area contributed by atoms with Gasteiger partial charge in [0.15, 0.2) is 23.6 Å². The Labute approximate surface area is 106 Å². The lowest BCUT2D eigenvalue weighted by atomic mass is 10.3. The smallest absolute Gasteiger partial charge is 0.271 e. The lowest BCUT2D eigenvalue weighted by Gasteiger charge is -1.89. The second-order valence-electron chi connectivity index (χ2n) is 3.86. The number of nitrogens with one attached hydrogen (secondary N) is 1. The minimum absolute atomic E-state index is 0.0178. The number of rotatable bonds is 3. The third kappa shape index (κ3) is 1.86. The van der Waals surface area contributed by atoms with Gasteiger partial charge in [-0.25, -0.2) is 4.98 Å². The maximum atomic E-state index is 10.7. The zero-order valence-electron chi connectivity index (χ0n) is 9.49. The van der Waals surface area contributed by atoms with Crippen LogP contribution in [0.4, 0.5) is 5.69 Å². The molecule has 1 N–H and O–H groups in total. The Hall–Kier alpha value is -2.96. The number of non-ortho nitro benzene ring substituents is 1. The molecule has 0 amide bonds. The Bertz CT molecular complexity index is 787. The van der Waals surface area contributed by atoms with Crippen LogP contribution in [0.5, 0.6) is 0 Å². The van der Waals surface area contributed by atoms with Gasteiger partial charge in [0, 0.05) is 12.1 Å². The number of nitro benzene ring substituents is 1. The van der Waals surface area contributed by atoms with Crippen LogP contribution < -0.4 is 0 Å². The monoisotopic (exact) mass is 257 g/mol. The fourth-order valence-corrected chi connectivity index (χ4v) is 1.77. The predicted octanol–water partition coefficient (Wildman–Crippen LogP) is 2.54. The fourth-order valence-electron chi connectivity index (χ4n) is 1.77. The molecule has 19 heavy (non-hydrogen) atoms. The van der Waals surface area contributed by atoms with Gasteiger partial charge in [0.05, 0.1) is 16.0 Å². The van der Waals surface area contributed by atoms with Crippen LogP contribution in [0.1, 0.15) is 10.6 Å². The summed E-state index contributed by atoms with van der Waals surface area (Å²) in [6.45, 7) is 0. The van der Waals surface area contributed by atoms with Crippen molar-refractivity contribution in [3.8, 4) is 11.6 Å². The summed E-state index contributed by atoms with van der Waals surface area (Å²) in [5.74, 6) is 1.02. The van der Waals surface area contributed by atoms with E-state index in [1.165, 1.54) is 18.2 Å². The van der Waals surface area contributed by atoms with Crippen LogP contribution in [0.2, 0.25) is 0 Å². The van der Waals surface area contributed by atoms with Crippen LogP contribution in [0.25, 0.3) is 22.6 Å². The first-order chi connectivity index (χ1) is 9.17. The van der Waals surface area contributed by atoms with Crippen LogP contribution in [-0.2, 0) is 0 Å². The number of carbonyl (C=O) groups excluding carboxylic acids is 1. The van der Waals surface area contributed by atoms with E-state index in [1.807, 2.05) is 0 Å². The fraction of sp³-hybridized carbons (Fsp3) is 0. The number of imidazole rings is 1. The Morgan fingerprint density at radius 1 is 1.32 bits per heavy atom.